The Morgan fingerprint density at radius 1 is 1.03 bits per heavy atom. The second-order valence-corrected chi connectivity index (χ2v) is 6.85. The van der Waals surface area contributed by atoms with Crippen molar-refractivity contribution in [2.24, 2.45) is 12.8 Å². The van der Waals surface area contributed by atoms with Gasteiger partial charge in [-0.05, 0) is 36.4 Å². The van der Waals surface area contributed by atoms with Crippen molar-refractivity contribution in [2.45, 2.75) is 6.18 Å². The van der Waals surface area contributed by atoms with E-state index in [9.17, 15) is 26.7 Å². The zero-order valence-electron chi connectivity index (χ0n) is 16.7. The minimum absolute atomic E-state index is 0.00505. The van der Waals surface area contributed by atoms with Gasteiger partial charge in [0.2, 0.25) is 0 Å². The van der Waals surface area contributed by atoms with Crippen LogP contribution in [0.2, 0.25) is 0 Å². The number of rotatable bonds is 5. The number of carbonyl (C=O) groups is 1. The van der Waals surface area contributed by atoms with Gasteiger partial charge in [-0.2, -0.15) is 18.3 Å². The number of aryl methyl sites for hydroxylation is 1. The Morgan fingerprint density at radius 2 is 1.67 bits per heavy atom. The fourth-order valence-electron chi connectivity index (χ4n) is 3.08. The molecule has 170 valence electrons. The molecule has 0 saturated heterocycles. The van der Waals surface area contributed by atoms with E-state index in [1.807, 2.05) is 0 Å². The van der Waals surface area contributed by atoms with Gasteiger partial charge in [0.1, 0.15) is 5.69 Å². The summed E-state index contributed by atoms with van der Waals surface area (Å²) in [4.78, 5) is 15.3. The predicted octanol–water partition coefficient (Wildman–Crippen LogP) is 3.81. The molecule has 3 N–H and O–H groups in total. The summed E-state index contributed by atoms with van der Waals surface area (Å²) in [5, 5.41) is 10.1. The summed E-state index contributed by atoms with van der Waals surface area (Å²) < 4.78 is 68.6. The molecule has 4 rings (SSSR count). The molecule has 33 heavy (non-hydrogen) atoms. The highest BCUT2D eigenvalue weighted by atomic mass is 19.4. The zero-order valence-corrected chi connectivity index (χ0v) is 16.7. The van der Waals surface area contributed by atoms with Gasteiger partial charge in [-0.3, -0.25) is 4.79 Å². The van der Waals surface area contributed by atoms with Crippen LogP contribution in [0.3, 0.4) is 0 Å². The molecule has 0 aliphatic heterocycles. The number of hydrogen-bond acceptors (Lipinski definition) is 5. The van der Waals surface area contributed by atoms with Crippen molar-refractivity contribution < 1.29 is 26.7 Å². The number of anilines is 2. The summed E-state index contributed by atoms with van der Waals surface area (Å²) in [6, 6.07) is 9.22. The fraction of sp³-hybridized carbons (Fsp3) is 0.100. The lowest BCUT2D eigenvalue weighted by molar-refractivity contribution is -0.144. The first kappa shape index (κ1) is 21.9. The Kier molecular flexibility index (Phi) is 5.31. The third kappa shape index (κ3) is 4.24. The molecule has 0 aliphatic carbocycles. The lowest BCUT2D eigenvalue weighted by Crippen LogP contribution is -2.14. The van der Waals surface area contributed by atoms with Gasteiger partial charge in [0.15, 0.2) is 23.2 Å². The summed E-state index contributed by atoms with van der Waals surface area (Å²) in [5.74, 6) is -4.00. The summed E-state index contributed by atoms with van der Waals surface area (Å²) in [5.41, 5.74) is 5.38. The molecule has 0 spiro atoms. The van der Waals surface area contributed by atoms with Crippen LogP contribution in [0.1, 0.15) is 16.3 Å². The van der Waals surface area contributed by atoms with E-state index in [4.69, 9.17) is 5.73 Å². The van der Waals surface area contributed by atoms with Crippen molar-refractivity contribution in [3.63, 3.8) is 0 Å². The molecule has 0 aliphatic rings. The molecule has 2 aromatic heterocycles. The molecular formula is C20H14F5N7O. The van der Waals surface area contributed by atoms with E-state index in [2.05, 4.69) is 20.5 Å². The Morgan fingerprint density at radius 3 is 2.21 bits per heavy atom. The van der Waals surface area contributed by atoms with E-state index in [1.165, 1.54) is 43.6 Å². The molecule has 13 heteroatoms. The van der Waals surface area contributed by atoms with Crippen LogP contribution in [-0.2, 0) is 13.2 Å². The van der Waals surface area contributed by atoms with Gasteiger partial charge in [0.25, 0.3) is 11.7 Å². The number of halogens is 5. The molecule has 0 bridgehead atoms. The number of alkyl halides is 3. The Balaban J connectivity index is 1.64. The Bertz CT molecular complexity index is 1320. The summed E-state index contributed by atoms with van der Waals surface area (Å²) >= 11 is 0. The van der Waals surface area contributed by atoms with E-state index in [-0.39, 0.29) is 17.2 Å². The number of aromatic nitrogens is 5. The molecule has 0 atom stereocenters. The van der Waals surface area contributed by atoms with Gasteiger partial charge in [-0.25, -0.2) is 23.1 Å². The molecule has 1 amide bonds. The summed E-state index contributed by atoms with van der Waals surface area (Å²) in [6.07, 6.45) is -3.49. The third-order valence-corrected chi connectivity index (χ3v) is 4.55. The molecule has 0 radical (unpaired) electrons. The molecule has 2 heterocycles. The second-order valence-electron chi connectivity index (χ2n) is 6.85. The van der Waals surface area contributed by atoms with Gasteiger partial charge in [0.05, 0.1) is 11.9 Å². The molecule has 0 unspecified atom stereocenters. The van der Waals surface area contributed by atoms with Crippen molar-refractivity contribution >= 4 is 17.3 Å². The quantitative estimate of drug-likeness (QED) is 0.438. The van der Waals surface area contributed by atoms with Gasteiger partial charge in [-0.15, -0.1) is 5.10 Å². The van der Waals surface area contributed by atoms with Crippen LogP contribution < -0.4 is 11.1 Å². The van der Waals surface area contributed by atoms with Crippen LogP contribution in [-0.4, -0.2) is 30.5 Å². The number of benzene rings is 2. The van der Waals surface area contributed by atoms with Crippen LogP contribution in [0.5, 0.6) is 0 Å². The monoisotopic (exact) mass is 463 g/mol. The van der Waals surface area contributed by atoms with Crippen LogP contribution in [0.15, 0.2) is 48.7 Å². The van der Waals surface area contributed by atoms with E-state index < -0.39 is 35.2 Å². The number of amides is 1. The van der Waals surface area contributed by atoms with Gasteiger partial charge in [-0.1, -0.05) is 6.07 Å². The minimum Gasteiger partial charge on any atom is -0.364 e. The van der Waals surface area contributed by atoms with Crippen LogP contribution in [0, 0.1) is 11.6 Å². The highest BCUT2D eigenvalue weighted by Crippen LogP contribution is 2.30. The van der Waals surface area contributed by atoms with E-state index in [0.717, 1.165) is 21.5 Å². The largest absolute Gasteiger partial charge is 0.453 e. The van der Waals surface area contributed by atoms with Crippen LogP contribution in [0.25, 0.3) is 17.1 Å². The molecular weight excluding hydrogens is 449 g/mol. The third-order valence-electron chi connectivity index (χ3n) is 4.55. The van der Waals surface area contributed by atoms with E-state index in [1.54, 1.807) is 0 Å². The average molecular weight is 463 g/mol. The van der Waals surface area contributed by atoms with Crippen molar-refractivity contribution in [1.29, 1.82) is 0 Å². The minimum atomic E-state index is -4.68. The predicted molar refractivity (Wildman–Crippen MR) is 107 cm³/mol. The van der Waals surface area contributed by atoms with Crippen molar-refractivity contribution in [2.75, 3.05) is 5.32 Å². The van der Waals surface area contributed by atoms with Crippen molar-refractivity contribution in [3.8, 4) is 17.1 Å². The van der Waals surface area contributed by atoms with E-state index >= 15 is 0 Å². The topological polar surface area (TPSA) is 104 Å². The van der Waals surface area contributed by atoms with Gasteiger partial charge in [0, 0.05) is 18.3 Å². The number of hydrogen-bond donors (Lipinski definition) is 2. The highest BCUT2D eigenvalue weighted by Gasteiger charge is 2.36. The standard InChI is InChI=1S/C20H14F5N7O/c1-31-18(28-19(30-31)20(23,24)25)10-5-7-11(8-6-10)27-14-9-32(29-15(14)17(26)33)16-12(21)3-2-4-13(16)22/h2-9,27H,1H3,(H2,26,33). The molecule has 0 saturated carbocycles. The maximum Gasteiger partial charge on any atom is 0.453 e. The molecule has 2 aromatic carbocycles. The fourth-order valence-corrected chi connectivity index (χ4v) is 3.08. The molecule has 8 nitrogen and oxygen atoms in total. The first-order valence-corrected chi connectivity index (χ1v) is 9.24. The lowest BCUT2D eigenvalue weighted by atomic mass is 10.2. The number of nitrogens with zero attached hydrogens (tertiary/aromatic N) is 5. The van der Waals surface area contributed by atoms with Crippen molar-refractivity contribution in [3.05, 3.63) is 71.8 Å². The number of para-hydroxylation sites is 1. The second kappa shape index (κ2) is 8.00. The number of nitrogens with one attached hydrogen (secondary N) is 1. The number of nitrogens with two attached hydrogens (primary N) is 1. The SMILES string of the molecule is Cn1nc(C(F)(F)F)nc1-c1ccc(Nc2cn(-c3c(F)cccc3F)nc2C(N)=O)cc1. The number of carbonyl (C=O) groups excluding carboxylic acids is 1. The maximum atomic E-state index is 14.1. The smallest absolute Gasteiger partial charge is 0.364 e. The summed E-state index contributed by atoms with van der Waals surface area (Å²) in [7, 11) is 1.33. The van der Waals surface area contributed by atoms with Crippen molar-refractivity contribution in [1.82, 2.24) is 24.5 Å². The first-order chi connectivity index (χ1) is 15.5. The Labute approximate surface area is 182 Å². The average Bonchev–Trinajstić information content (AvgIpc) is 3.32. The number of primary amides is 1. The highest BCUT2D eigenvalue weighted by molar-refractivity contribution is 5.97. The zero-order chi connectivity index (χ0) is 23.9. The van der Waals surface area contributed by atoms with Gasteiger partial charge >= 0.3 is 6.18 Å². The maximum absolute atomic E-state index is 14.1. The normalized spacial score (nSPS) is 11.6. The van der Waals surface area contributed by atoms with Crippen LogP contribution >= 0.6 is 0 Å². The first-order valence-electron chi connectivity index (χ1n) is 9.24. The summed E-state index contributed by atoms with van der Waals surface area (Å²) in [6.45, 7) is 0. The molecule has 4 aromatic rings. The lowest BCUT2D eigenvalue weighted by Gasteiger charge is -2.06. The van der Waals surface area contributed by atoms with Crippen LogP contribution in [0.4, 0.5) is 33.3 Å². The van der Waals surface area contributed by atoms with Gasteiger partial charge < -0.3 is 11.1 Å². The molecule has 0 fully saturated rings. The Hall–Kier alpha value is -4.29. The van der Waals surface area contributed by atoms with E-state index in [0.29, 0.717) is 11.3 Å².